The zero-order valence-electron chi connectivity index (χ0n) is 9.28. The number of carbonyl (C=O) groups is 1. The van der Waals surface area contributed by atoms with E-state index < -0.39 is 24.2 Å². The molecule has 0 aliphatic carbocycles. The molecule has 18 heavy (non-hydrogen) atoms. The molecule has 0 saturated heterocycles. The molecule has 0 spiro atoms. The van der Waals surface area contributed by atoms with E-state index in [0.29, 0.717) is 5.56 Å². The van der Waals surface area contributed by atoms with Crippen LogP contribution in [-0.4, -0.2) is 23.4 Å². The highest BCUT2D eigenvalue weighted by atomic mass is 19.4. The predicted octanol–water partition coefficient (Wildman–Crippen LogP) is 2.96. The summed E-state index contributed by atoms with van der Waals surface area (Å²) in [5, 5.41) is 8.76. The SMILES string of the molecule is O=C(O)CC1C[C@H](C(F)(F)F)Oc2ccccc21. The zero-order valence-corrected chi connectivity index (χ0v) is 9.28. The molecule has 3 nitrogen and oxygen atoms in total. The van der Waals surface area contributed by atoms with Crippen molar-refractivity contribution >= 4 is 5.97 Å². The van der Waals surface area contributed by atoms with E-state index in [2.05, 4.69) is 0 Å². The maximum absolute atomic E-state index is 12.7. The minimum atomic E-state index is -4.48. The molecule has 1 N–H and O–H groups in total. The molecular weight excluding hydrogens is 249 g/mol. The van der Waals surface area contributed by atoms with Crippen molar-refractivity contribution in [3.8, 4) is 5.75 Å². The third-order valence-electron chi connectivity index (χ3n) is 2.91. The lowest BCUT2D eigenvalue weighted by molar-refractivity contribution is -0.201. The Morgan fingerprint density at radius 3 is 2.67 bits per heavy atom. The average molecular weight is 260 g/mol. The first-order chi connectivity index (χ1) is 8.38. The van der Waals surface area contributed by atoms with E-state index in [4.69, 9.17) is 9.84 Å². The summed E-state index contributed by atoms with van der Waals surface area (Å²) in [6.45, 7) is 0. The fourth-order valence-corrected chi connectivity index (χ4v) is 2.12. The highest BCUT2D eigenvalue weighted by Crippen LogP contribution is 2.42. The Bertz CT molecular complexity index is 456. The highest BCUT2D eigenvalue weighted by molar-refractivity contribution is 5.68. The minimum Gasteiger partial charge on any atom is -0.481 e. The first-order valence-electron chi connectivity index (χ1n) is 5.42. The van der Waals surface area contributed by atoms with Gasteiger partial charge in [-0.15, -0.1) is 0 Å². The van der Waals surface area contributed by atoms with E-state index in [1.54, 1.807) is 18.2 Å². The van der Waals surface area contributed by atoms with Gasteiger partial charge >= 0.3 is 12.1 Å². The lowest BCUT2D eigenvalue weighted by atomic mass is 9.87. The van der Waals surface area contributed by atoms with Crippen LogP contribution in [0.25, 0.3) is 0 Å². The fourth-order valence-electron chi connectivity index (χ4n) is 2.12. The van der Waals surface area contributed by atoms with Gasteiger partial charge in [-0.1, -0.05) is 18.2 Å². The van der Waals surface area contributed by atoms with E-state index in [9.17, 15) is 18.0 Å². The Morgan fingerprint density at radius 1 is 1.39 bits per heavy atom. The number of aliphatic carboxylic acids is 1. The van der Waals surface area contributed by atoms with E-state index >= 15 is 0 Å². The van der Waals surface area contributed by atoms with Crippen LogP contribution in [0.1, 0.15) is 24.3 Å². The summed E-state index contributed by atoms with van der Waals surface area (Å²) in [7, 11) is 0. The predicted molar refractivity (Wildman–Crippen MR) is 56.5 cm³/mol. The standard InChI is InChI=1S/C12H11F3O3/c13-12(14,15)10-5-7(6-11(16)17)8-3-1-2-4-9(8)18-10/h1-4,7,10H,5-6H2,(H,16,17)/t7?,10-/m1/s1. The number of ether oxygens (including phenoxy) is 1. The third kappa shape index (κ3) is 2.57. The molecule has 1 aliphatic heterocycles. The van der Waals surface area contributed by atoms with Crippen molar-refractivity contribution in [2.75, 3.05) is 0 Å². The Balaban J connectivity index is 2.32. The quantitative estimate of drug-likeness (QED) is 0.889. The topological polar surface area (TPSA) is 46.5 Å². The Labute approximate surface area is 101 Å². The van der Waals surface area contributed by atoms with Crippen LogP contribution >= 0.6 is 0 Å². The summed E-state index contributed by atoms with van der Waals surface area (Å²) >= 11 is 0. The molecule has 0 saturated carbocycles. The van der Waals surface area contributed by atoms with E-state index in [0.717, 1.165) is 0 Å². The molecule has 2 atom stereocenters. The summed E-state index contributed by atoms with van der Waals surface area (Å²) in [6, 6.07) is 6.26. The minimum absolute atomic E-state index is 0.123. The number of para-hydroxylation sites is 1. The summed E-state index contributed by atoms with van der Waals surface area (Å²) in [5.41, 5.74) is 0.528. The Hall–Kier alpha value is -1.72. The third-order valence-corrected chi connectivity index (χ3v) is 2.91. The van der Waals surface area contributed by atoms with Gasteiger partial charge in [0.2, 0.25) is 0 Å². The monoisotopic (exact) mass is 260 g/mol. The van der Waals surface area contributed by atoms with Crippen LogP contribution in [-0.2, 0) is 4.79 Å². The number of carboxylic acid groups (broad SMARTS) is 1. The van der Waals surface area contributed by atoms with Gasteiger partial charge in [-0.25, -0.2) is 0 Å². The lowest BCUT2D eigenvalue weighted by Crippen LogP contribution is -2.39. The number of rotatable bonds is 2. The Morgan fingerprint density at radius 2 is 2.06 bits per heavy atom. The van der Waals surface area contributed by atoms with Crippen LogP contribution in [0, 0.1) is 0 Å². The van der Waals surface area contributed by atoms with E-state index in [1.807, 2.05) is 0 Å². The number of alkyl halides is 3. The van der Waals surface area contributed by atoms with Gasteiger partial charge in [0.05, 0.1) is 6.42 Å². The summed E-state index contributed by atoms with van der Waals surface area (Å²) in [4.78, 5) is 10.7. The molecule has 0 amide bonds. The molecule has 0 aromatic heterocycles. The van der Waals surface area contributed by atoms with Crippen LogP contribution in [0.4, 0.5) is 13.2 Å². The molecule has 1 heterocycles. The summed E-state index contributed by atoms with van der Waals surface area (Å²) in [5.74, 6) is -1.66. The van der Waals surface area contributed by atoms with Gasteiger partial charge in [0.1, 0.15) is 5.75 Å². The molecule has 1 aromatic carbocycles. The molecule has 1 aliphatic rings. The van der Waals surface area contributed by atoms with Gasteiger partial charge in [0, 0.05) is 12.3 Å². The number of fused-ring (bicyclic) bond motifs is 1. The normalized spacial score (nSPS) is 23.1. The molecule has 2 rings (SSSR count). The maximum atomic E-state index is 12.7. The molecule has 0 bridgehead atoms. The van der Waals surface area contributed by atoms with E-state index in [1.165, 1.54) is 6.07 Å². The summed E-state index contributed by atoms with van der Waals surface area (Å²) < 4.78 is 42.9. The van der Waals surface area contributed by atoms with Gasteiger partial charge in [-0.2, -0.15) is 13.2 Å². The van der Waals surface area contributed by atoms with Crippen molar-refractivity contribution in [3.63, 3.8) is 0 Å². The number of hydrogen-bond acceptors (Lipinski definition) is 2. The zero-order chi connectivity index (χ0) is 13.3. The molecule has 98 valence electrons. The second kappa shape index (κ2) is 4.51. The smallest absolute Gasteiger partial charge is 0.425 e. The maximum Gasteiger partial charge on any atom is 0.425 e. The molecule has 1 unspecified atom stereocenters. The molecule has 0 radical (unpaired) electrons. The lowest BCUT2D eigenvalue weighted by Gasteiger charge is -2.32. The van der Waals surface area contributed by atoms with Crippen molar-refractivity contribution in [1.82, 2.24) is 0 Å². The van der Waals surface area contributed by atoms with Crippen LogP contribution < -0.4 is 4.74 Å². The van der Waals surface area contributed by atoms with Crippen molar-refractivity contribution < 1.29 is 27.8 Å². The first-order valence-corrected chi connectivity index (χ1v) is 5.42. The number of hydrogen-bond donors (Lipinski definition) is 1. The van der Waals surface area contributed by atoms with Gasteiger partial charge in [0.25, 0.3) is 0 Å². The van der Waals surface area contributed by atoms with E-state index in [-0.39, 0.29) is 18.6 Å². The van der Waals surface area contributed by atoms with Crippen molar-refractivity contribution in [2.24, 2.45) is 0 Å². The number of halogens is 3. The largest absolute Gasteiger partial charge is 0.481 e. The van der Waals surface area contributed by atoms with Crippen molar-refractivity contribution in [1.29, 1.82) is 0 Å². The summed E-state index contributed by atoms with van der Waals surface area (Å²) in [6.07, 6.45) is -7.10. The highest BCUT2D eigenvalue weighted by Gasteiger charge is 2.46. The van der Waals surface area contributed by atoms with Crippen molar-refractivity contribution in [2.45, 2.75) is 31.0 Å². The van der Waals surface area contributed by atoms with Crippen molar-refractivity contribution in [3.05, 3.63) is 29.8 Å². The number of benzene rings is 1. The van der Waals surface area contributed by atoms with Crippen LogP contribution in [0.15, 0.2) is 24.3 Å². The van der Waals surface area contributed by atoms with Crippen LogP contribution in [0.5, 0.6) is 5.75 Å². The number of carboxylic acids is 1. The van der Waals surface area contributed by atoms with Gasteiger partial charge in [-0.05, 0) is 11.6 Å². The first kappa shape index (κ1) is 12.7. The van der Waals surface area contributed by atoms with Gasteiger partial charge in [0.15, 0.2) is 6.10 Å². The molecule has 0 fully saturated rings. The fraction of sp³-hybridized carbons (Fsp3) is 0.417. The second-order valence-corrected chi connectivity index (χ2v) is 4.22. The molecular formula is C12H11F3O3. The second-order valence-electron chi connectivity index (χ2n) is 4.22. The van der Waals surface area contributed by atoms with Crippen LogP contribution in [0.2, 0.25) is 0 Å². The van der Waals surface area contributed by atoms with Gasteiger partial charge in [-0.3, -0.25) is 4.79 Å². The van der Waals surface area contributed by atoms with Crippen LogP contribution in [0.3, 0.4) is 0 Å². The van der Waals surface area contributed by atoms with Gasteiger partial charge < -0.3 is 9.84 Å². The Kier molecular flexibility index (Phi) is 3.19. The molecule has 6 heteroatoms. The average Bonchev–Trinajstić information content (AvgIpc) is 2.27. The molecule has 1 aromatic rings.